The van der Waals surface area contributed by atoms with Crippen LogP contribution in [0.2, 0.25) is 0 Å². The molecule has 2 heteroatoms. The third-order valence-corrected chi connectivity index (χ3v) is 3.08. The van der Waals surface area contributed by atoms with Crippen LogP contribution in [-0.2, 0) is 4.79 Å². The molecule has 0 aromatic rings. The van der Waals surface area contributed by atoms with Crippen molar-refractivity contribution in [2.75, 3.05) is 6.54 Å². The van der Waals surface area contributed by atoms with Gasteiger partial charge >= 0.3 is 0 Å². The second-order valence-corrected chi connectivity index (χ2v) is 4.39. The van der Waals surface area contributed by atoms with Gasteiger partial charge in [-0.3, -0.25) is 4.79 Å². The van der Waals surface area contributed by atoms with Gasteiger partial charge in [0.2, 0.25) is 5.91 Å². The molecule has 0 aromatic carbocycles. The van der Waals surface area contributed by atoms with Crippen LogP contribution in [0, 0.1) is 5.92 Å². The van der Waals surface area contributed by atoms with Gasteiger partial charge in [-0.15, -0.1) is 0 Å². The van der Waals surface area contributed by atoms with Gasteiger partial charge in [0.25, 0.3) is 0 Å². The van der Waals surface area contributed by atoms with Gasteiger partial charge in [0, 0.05) is 14.4 Å². The first-order valence-electron chi connectivity index (χ1n) is 6.09. The molecule has 84 valence electrons. The molecule has 1 rings (SSSR count). The van der Waals surface area contributed by atoms with Gasteiger partial charge in [-0.1, -0.05) is 39.0 Å². The molecule has 0 saturated heterocycles. The molecule has 1 fully saturated rings. The number of nitrogens with one attached hydrogen (secondary N) is 1. The van der Waals surface area contributed by atoms with Crippen molar-refractivity contribution in [2.45, 2.75) is 58.3 Å². The van der Waals surface area contributed by atoms with E-state index < -0.39 is 0 Å². The lowest BCUT2D eigenvalue weighted by Gasteiger charge is -2.21. The van der Waals surface area contributed by atoms with E-state index in [9.17, 15) is 4.79 Å². The molecule has 1 N–H and O–H groups in total. The summed E-state index contributed by atoms with van der Waals surface area (Å²) in [4.78, 5) is 11.2. The highest BCUT2D eigenvalue weighted by Crippen LogP contribution is 2.25. The van der Waals surface area contributed by atoms with Crippen LogP contribution in [-0.4, -0.2) is 12.5 Å². The first kappa shape index (κ1) is 11.5. The van der Waals surface area contributed by atoms with E-state index in [1.54, 1.807) is 0 Å². The zero-order chi connectivity index (χ0) is 10.2. The van der Waals surface area contributed by atoms with Crippen molar-refractivity contribution < 1.29 is 6.22 Å². The third kappa shape index (κ3) is 4.64. The average Bonchev–Trinajstić information content (AvgIpc) is 2.20. The van der Waals surface area contributed by atoms with Crippen LogP contribution in [0.15, 0.2) is 0 Å². The maximum Gasteiger partial charge on any atom is 0.219 e. The van der Waals surface area contributed by atoms with Crippen LogP contribution >= 0.6 is 0 Å². The van der Waals surface area contributed by atoms with Crippen molar-refractivity contribution in [1.82, 2.24) is 5.32 Å². The summed E-state index contributed by atoms with van der Waals surface area (Å²) in [5.74, 6) is 1.11. The highest BCUT2D eigenvalue weighted by molar-refractivity contribution is 5.75. The third-order valence-electron chi connectivity index (χ3n) is 3.08. The minimum Gasteiger partial charge on any atom is -0.356 e. The Hall–Kier alpha value is -0.530. The van der Waals surface area contributed by atoms with Crippen LogP contribution in [0.4, 0.5) is 0 Å². The molecule has 0 spiro atoms. The Bertz CT molecular complexity index is 167. The van der Waals surface area contributed by atoms with Crippen LogP contribution in [0.5, 0.6) is 0 Å². The molecule has 2 nitrogen and oxygen atoms in total. The van der Waals surface area contributed by atoms with E-state index in [4.69, 9.17) is 0 Å². The van der Waals surface area contributed by atoms with Crippen molar-refractivity contribution in [1.29, 1.82) is 0 Å². The van der Waals surface area contributed by atoms with Gasteiger partial charge in [-0.2, -0.15) is 0 Å². The standard InChI is InChI=1S/C12H23NO.H2/c1-2-6-12(14)13-10-9-11-7-4-3-5-8-11;/h11H,2-10H2,1H3,(H,13,14);1H. The van der Waals surface area contributed by atoms with Crippen LogP contribution < -0.4 is 5.32 Å². The highest BCUT2D eigenvalue weighted by atomic mass is 16.1. The summed E-state index contributed by atoms with van der Waals surface area (Å²) in [6, 6.07) is 0. The van der Waals surface area contributed by atoms with Gasteiger partial charge in [0.15, 0.2) is 0 Å². The second kappa shape index (κ2) is 6.86. The fourth-order valence-electron chi connectivity index (χ4n) is 2.21. The number of hydrogen-bond acceptors (Lipinski definition) is 1. The van der Waals surface area contributed by atoms with E-state index in [1.165, 1.54) is 38.5 Å². The first-order chi connectivity index (χ1) is 6.83. The zero-order valence-corrected chi connectivity index (χ0v) is 9.35. The minimum absolute atomic E-state index is 0. The Balaban J connectivity index is 0.00000196. The van der Waals surface area contributed by atoms with Crippen molar-refractivity contribution in [3.63, 3.8) is 0 Å². The van der Waals surface area contributed by atoms with E-state index >= 15 is 0 Å². The summed E-state index contributed by atoms with van der Waals surface area (Å²) in [6.45, 7) is 2.93. The minimum atomic E-state index is 0. The smallest absolute Gasteiger partial charge is 0.219 e. The first-order valence-corrected chi connectivity index (χ1v) is 6.09. The zero-order valence-electron chi connectivity index (χ0n) is 9.35. The maximum atomic E-state index is 11.2. The van der Waals surface area contributed by atoms with Gasteiger partial charge in [0.1, 0.15) is 0 Å². The lowest BCUT2D eigenvalue weighted by atomic mass is 9.87. The summed E-state index contributed by atoms with van der Waals surface area (Å²) >= 11 is 0. The van der Waals surface area contributed by atoms with Gasteiger partial charge in [-0.25, -0.2) is 0 Å². The molecule has 0 aliphatic heterocycles. The molecule has 0 aromatic heterocycles. The topological polar surface area (TPSA) is 29.1 Å². The Morgan fingerprint density at radius 2 is 2.07 bits per heavy atom. The van der Waals surface area contributed by atoms with Crippen molar-refractivity contribution in [2.24, 2.45) is 5.92 Å². The number of amides is 1. The van der Waals surface area contributed by atoms with Crippen LogP contribution in [0.3, 0.4) is 0 Å². The fourth-order valence-corrected chi connectivity index (χ4v) is 2.21. The van der Waals surface area contributed by atoms with E-state index in [1.807, 2.05) is 6.92 Å². The molecular weight excluding hydrogens is 174 g/mol. The molecule has 0 bridgehead atoms. The van der Waals surface area contributed by atoms with Gasteiger partial charge in [-0.05, 0) is 18.8 Å². The second-order valence-electron chi connectivity index (χ2n) is 4.39. The van der Waals surface area contributed by atoms with Crippen molar-refractivity contribution >= 4 is 5.91 Å². The SMILES string of the molecule is CCCC(=O)NCCC1CCCCC1.[HH]. The lowest BCUT2D eigenvalue weighted by molar-refractivity contribution is -0.121. The Morgan fingerprint density at radius 3 is 2.71 bits per heavy atom. The summed E-state index contributed by atoms with van der Waals surface area (Å²) in [7, 11) is 0. The molecule has 1 aliphatic carbocycles. The molecule has 1 aliphatic rings. The highest BCUT2D eigenvalue weighted by Gasteiger charge is 2.12. The largest absolute Gasteiger partial charge is 0.356 e. The van der Waals surface area contributed by atoms with E-state index in [0.717, 1.165) is 18.9 Å². The molecule has 14 heavy (non-hydrogen) atoms. The molecule has 0 unspecified atom stereocenters. The average molecular weight is 199 g/mol. The number of carbonyl (C=O) groups is 1. The molecule has 1 saturated carbocycles. The Kier molecular flexibility index (Phi) is 5.65. The molecule has 0 atom stereocenters. The lowest BCUT2D eigenvalue weighted by Crippen LogP contribution is -2.25. The van der Waals surface area contributed by atoms with E-state index in [2.05, 4.69) is 5.32 Å². The molecule has 0 heterocycles. The van der Waals surface area contributed by atoms with Crippen LogP contribution in [0.1, 0.15) is 59.7 Å². The summed E-state index contributed by atoms with van der Waals surface area (Å²) < 4.78 is 0. The van der Waals surface area contributed by atoms with Gasteiger partial charge in [0.05, 0.1) is 0 Å². The van der Waals surface area contributed by atoms with Crippen molar-refractivity contribution in [3.8, 4) is 0 Å². The van der Waals surface area contributed by atoms with Crippen molar-refractivity contribution in [3.05, 3.63) is 0 Å². The molecule has 1 amide bonds. The monoisotopic (exact) mass is 199 g/mol. The summed E-state index contributed by atoms with van der Waals surface area (Å²) in [5, 5.41) is 2.99. The van der Waals surface area contributed by atoms with Gasteiger partial charge < -0.3 is 5.32 Å². The quantitative estimate of drug-likeness (QED) is 0.724. The number of hydrogen-bond donors (Lipinski definition) is 1. The number of carbonyl (C=O) groups excluding carboxylic acids is 1. The Morgan fingerprint density at radius 1 is 1.36 bits per heavy atom. The number of rotatable bonds is 5. The maximum absolute atomic E-state index is 11.2. The summed E-state index contributed by atoms with van der Waals surface area (Å²) in [6.07, 6.45) is 9.79. The summed E-state index contributed by atoms with van der Waals surface area (Å²) in [5.41, 5.74) is 0. The normalized spacial score (nSPS) is 18.1. The predicted octanol–water partition coefficient (Wildman–Crippen LogP) is 3.12. The predicted molar refractivity (Wildman–Crippen MR) is 61.2 cm³/mol. The van der Waals surface area contributed by atoms with E-state index in [-0.39, 0.29) is 7.33 Å². The van der Waals surface area contributed by atoms with E-state index in [0.29, 0.717) is 6.42 Å². The fraction of sp³-hybridized carbons (Fsp3) is 0.917. The molecule has 0 radical (unpaired) electrons. The van der Waals surface area contributed by atoms with Crippen LogP contribution in [0.25, 0.3) is 0 Å². The Labute approximate surface area is 88.9 Å². The molecular formula is C12H25NO.